The number of Topliss-reactive ketones (excluding diaryl/α,β-unsaturated/α-hetero) is 1. The van der Waals surface area contributed by atoms with Crippen molar-refractivity contribution in [1.29, 1.82) is 0 Å². The van der Waals surface area contributed by atoms with E-state index in [0.29, 0.717) is 18.7 Å². The first kappa shape index (κ1) is 13.9. The minimum absolute atomic E-state index is 0.318. The van der Waals surface area contributed by atoms with E-state index in [1.54, 1.807) is 0 Å². The Labute approximate surface area is 105 Å². The molecule has 0 heterocycles. The molecular formula is C15H23NO. The summed E-state index contributed by atoms with van der Waals surface area (Å²) in [6.07, 6.45) is 2.78. The lowest BCUT2D eigenvalue weighted by Gasteiger charge is -2.19. The fourth-order valence-corrected chi connectivity index (χ4v) is 2.03. The van der Waals surface area contributed by atoms with E-state index in [0.717, 1.165) is 31.5 Å². The molecule has 0 aliphatic heterocycles. The lowest BCUT2D eigenvalue weighted by Crippen LogP contribution is -2.32. The van der Waals surface area contributed by atoms with Gasteiger partial charge in [0.2, 0.25) is 0 Å². The first-order valence-electron chi connectivity index (χ1n) is 6.54. The van der Waals surface area contributed by atoms with Gasteiger partial charge in [-0.3, -0.25) is 9.69 Å². The highest BCUT2D eigenvalue weighted by Crippen LogP contribution is 2.02. The van der Waals surface area contributed by atoms with Crippen LogP contribution in [0.5, 0.6) is 0 Å². The van der Waals surface area contributed by atoms with Gasteiger partial charge in [-0.1, -0.05) is 44.2 Å². The Hall–Kier alpha value is -1.15. The number of benzene rings is 1. The Bertz CT molecular complexity index is 315. The van der Waals surface area contributed by atoms with Crippen LogP contribution in [0, 0.1) is 0 Å². The van der Waals surface area contributed by atoms with Crippen LogP contribution in [0.15, 0.2) is 30.3 Å². The number of nitrogens with zero attached hydrogens (tertiary/aromatic N) is 1. The topological polar surface area (TPSA) is 20.3 Å². The molecule has 0 N–H and O–H groups in total. The van der Waals surface area contributed by atoms with E-state index in [1.807, 2.05) is 30.3 Å². The van der Waals surface area contributed by atoms with Gasteiger partial charge in [0.05, 0.1) is 6.54 Å². The van der Waals surface area contributed by atoms with Gasteiger partial charge in [-0.2, -0.15) is 0 Å². The number of hydrogen-bond donors (Lipinski definition) is 0. The zero-order valence-corrected chi connectivity index (χ0v) is 11.0. The Balaban J connectivity index is 2.42. The molecule has 0 unspecified atom stereocenters. The molecule has 0 saturated heterocycles. The molecule has 1 rings (SSSR count). The standard InChI is InChI=1S/C15H23NO/c1-3-10-16(11-4-2)13-15(17)12-14-8-6-5-7-9-14/h5-9H,3-4,10-13H2,1-2H3. The number of rotatable bonds is 8. The van der Waals surface area contributed by atoms with Crippen molar-refractivity contribution in [3.05, 3.63) is 35.9 Å². The predicted molar refractivity (Wildman–Crippen MR) is 72.2 cm³/mol. The summed E-state index contributed by atoms with van der Waals surface area (Å²) in [7, 11) is 0. The van der Waals surface area contributed by atoms with Gasteiger partial charge in [-0.05, 0) is 31.5 Å². The highest BCUT2D eigenvalue weighted by molar-refractivity contribution is 5.82. The van der Waals surface area contributed by atoms with Crippen molar-refractivity contribution in [2.45, 2.75) is 33.1 Å². The maximum absolute atomic E-state index is 11.9. The minimum Gasteiger partial charge on any atom is -0.298 e. The first-order valence-corrected chi connectivity index (χ1v) is 6.54. The number of carbonyl (C=O) groups excluding carboxylic acids is 1. The molecule has 0 saturated carbocycles. The van der Waals surface area contributed by atoms with Gasteiger partial charge >= 0.3 is 0 Å². The Morgan fingerprint density at radius 3 is 2.18 bits per heavy atom. The summed E-state index contributed by atoms with van der Waals surface area (Å²) in [4.78, 5) is 14.2. The summed E-state index contributed by atoms with van der Waals surface area (Å²) in [5, 5.41) is 0. The monoisotopic (exact) mass is 233 g/mol. The lowest BCUT2D eigenvalue weighted by molar-refractivity contribution is -0.119. The molecule has 2 nitrogen and oxygen atoms in total. The van der Waals surface area contributed by atoms with Crippen LogP contribution in [-0.4, -0.2) is 30.3 Å². The highest BCUT2D eigenvalue weighted by Gasteiger charge is 2.09. The number of carbonyl (C=O) groups is 1. The first-order chi connectivity index (χ1) is 8.26. The second-order valence-electron chi connectivity index (χ2n) is 4.48. The van der Waals surface area contributed by atoms with E-state index >= 15 is 0 Å². The van der Waals surface area contributed by atoms with Crippen LogP contribution in [0.2, 0.25) is 0 Å². The summed E-state index contributed by atoms with van der Waals surface area (Å²) in [5.74, 6) is 0.318. The zero-order valence-electron chi connectivity index (χ0n) is 11.0. The Morgan fingerprint density at radius 1 is 1.06 bits per heavy atom. The summed E-state index contributed by atoms with van der Waals surface area (Å²) in [5.41, 5.74) is 1.12. The SMILES string of the molecule is CCCN(CCC)CC(=O)Cc1ccccc1. The van der Waals surface area contributed by atoms with Gasteiger partial charge in [0.25, 0.3) is 0 Å². The fourth-order valence-electron chi connectivity index (χ4n) is 2.03. The molecule has 2 heteroatoms. The maximum Gasteiger partial charge on any atom is 0.151 e. The quantitative estimate of drug-likeness (QED) is 0.688. The van der Waals surface area contributed by atoms with Gasteiger partial charge in [-0.25, -0.2) is 0 Å². The van der Waals surface area contributed by atoms with Gasteiger partial charge < -0.3 is 0 Å². The molecule has 1 aromatic rings. The third-order valence-corrected chi connectivity index (χ3v) is 2.72. The molecule has 0 aliphatic rings. The number of ketones is 1. The number of hydrogen-bond acceptors (Lipinski definition) is 2. The molecule has 0 amide bonds. The zero-order chi connectivity index (χ0) is 12.5. The van der Waals surface area contributed by atoms with Crippen molar-refractivity contribution in [3.8, 4) is 0 Å². The van der Waals surface area contributed by atoms with Crippen molar-refractivity contribution >= 4 is 5.78 Å². The van der Waals surface area contributed by atoms with Crippen molar-refractivity contribution in [2.75, 3.05) is 19.6 Å². The highest BCUT2D eigenvalue weighted by atomic mass is 16.1. The summed E-state index contributed by atoms with van der Waals surface area (Å²) < 4.78 is 0. The molecule has 0 atom stereocenters. The van der Waals surface area contributed by atoms with Gasteiger partial charge in [0.1, 0.15) is 0 Å². The van der Waals surface area contributed by atoms with E-state index in [1.165, 1.54) is 0 Å². The van der Waals surface area contributed by atoms with E-state index in [2.05, 4.69) is 18.7 Å². The molecule has 94 valence electrons. The van der Waals surface area contributed by atoms with E-state index in [4.69, 9.17) is 0 Å². The van der Waals surface area contributed by atoms with Crippen molar-refractivity contribution in [3.63, 3.8) is 0 Å². The van der Waals surface area contributed by atoms with Crippen LogP contribution in [0.1, 0.15) is 32.3 Å². The molecular weight excluding hydrogens is 210 g/mol. The summed E-state index contributed by atoms with van der Waals surface area (Å²) >= 11 is 0. The van der Waals surface area contributed by atoms with E-state index < -0.39 is 0 Å². The van der Waals surface area contributed by atoms with Crippen molar-refractivity contribution < 1.29 is 4.79 Å². The molecule has 0 radical (unpaired) electrons. The van der Waals surface area contributed by atoms with Crippen LogP contribution >= 0.6 is 0 Å². The minimum atomic E-state index is 0.318. The summed E-state index contributed by atoms with van der Waals surface area (Å²) in [6, 6.07) is 9.98. The van der Waals surface area contributed by atoms with Crippen LogP contribution in [0.3, 0.4) is 0 Å². The summed E-state index contributed by atoms with van der Waals surface area (Å²) in [6.45, 7) is 6.95. The fraction of sp³-hybridized carbons (Fsp3) is 0.533. The molecule has 1 aromatic carbocycles. The van der Waals surface area contributed by atoms with Crippen molar-refractivity contribution in [2.24, 2.45) is 0 Å². The smallest absolute Gasteiger partial charge is 0.151 e. The molecule has 0 fully saturated rings. The predicted octanol–water partition coefficient (Wildman–Crippen LogP) is 2.92. The Kier molecular flexibility index (Phi) is 6.56. The normalized spacial score (nSPS) is 10.8. The van der Waals surface area contributed by atoms with Gasteiger partial charge in [0.15, 0.2) is 5.78 Å². The molecule has 17 heavy (non-hydrogen) atoms. The molecule has 0 aliphatic carbocycles. The second kappa shape index (κ2) is 8.02. The maximum atomic E-state index is 11.9. The average Bonchev–Trinajstić information content (AvgIpc) is 2.30. The molecule has 0 bridgehead atoms. The third kappa shape index (κ3) is 5.64. The largest absolute Gasteiger partial charge is 0.298 e. The molecule has 0 spiro atoms. The third-order valence-electron chi connectivity index (χ3n) is 2.72. The van der Waals surface area contributed by atoms with Gasteiger partial charge in [0, 0.05) is 6.42 Å². The van der Waals surface area contributed by atoms with E-state index in [9.17, 15) is 4.79 Å². The van der Waals surface area contributed by atoms with Crippen LogP contribution in [-0.2, 0) is 11.2 Å². The average molecular weight is 233 g/mol. The molecule has 0 aromatic heterocycles. The van der Waals surface area contributed by atoms with Gasteiger partial charge in [-0.15, -0.1) is 0 Å². The van der Waals surface area contributed by atoms with Crippen LogP contribution in [0.25, 0.3) is 0 Å². The van der Waals surface area contributed by atoms with Crippen LogP contribution in [0.4, 0.5) is 0 Å². The van der Waals surface area contributed by atoms with Crippen LogP contribution < -0.4 is 0 Å². The lowest BCUT2D eigenvalue weighted by atomic mass is 10.1. The van der Waals surface area contributed by atoms with E-state index in [-0.39, 0.29) is 0 Å². The van der Waals surface area contributed by atoms with Crippen molar-refractivity contribution in [1.82, 2.24) is 4.90 Å². The second-order valence-corrected chi connectivity index (χ2v) is 4.48. The Morgan fingerprint density at radius 2 is 1.65 bits per heavy atom.